The molecule has 1 aliphatic rings. The van der Waals surface area contributed by atoms with Crippen molar-refractivity contribution in [3.63, 3.8) is 0 Å². The summed E-state index contributed by atoms with van der Waals surface area (Å²) >= 11 is 0. The van der Waals surface area contributed by atoms with Gasteiger partial charge in [0.1, 0.15) is 6.23 Å². The molecule has 1 atom stereocenters. The lowest BCUT2D eigenvalue weighted by Crippen LogP contribution is -2.18. The summed E-state index contributed by atoms with van der Waals surface area (Å²) in [7, 11) is 2.11. The van der Waals surface area contributed by atoms with Gasteiger partial charge in [-0.3, -0.25) is 4.90 Å². The third-order valence-electron chi connectivity index (χ3n) is 3.18. The average Bonchev–Trinajstić information content (AvgIpc) is 2.63. The molecule has 16 heavy (non-hydrogen) atoms. The van der Waals surface area contributed by atoms with Gasteiger partial charge in [0, 0.05) is 6.54 Å². The highest BCUT2D eigenvalue weighted by molar-refractivity contribution is 5.28. The molecule has 1 unspecified atom stereocenters. The molecule has 0 radical (unpaired) electrons. The fourth-order valence-electron chi connectivity index (χ4n) is 2.05. The fourth-order valence-corrected chi connectivity index (χ4v) is 2.05. The van der Waals surface area contributed by atoms with E-state index in [-0.39, 0.29) is 11.6 Å². The summed E-state index contributed by atoms with van der Waals surface area (Å²) in [6.45, 7) is 8.56. The molecule has 0 spiro atoms. The maximum absolute atomic E-state index is 5.70. The van der Waals surface area contributed by atoms with E-state index in [0.29, 0.717) is 0 Å². The number of hydrogen-bond donors (Lipinski definition) is 0. The zero-order valence-corrected chi connectivity index (χ0v) is 10.7. The minimum Gasteiger partial charge on any atom is -0.358 e. The second-order valence-corrected chi connectivity index (χ2v) is 5.58. The molecule has 1 aromatic carbocycles. The fraction of sp³-hybridized carbons (Fsp3) is 0.571. The Hall–Kier alpha value is -0.860. The van der Waals surface area contributed by atoms with Gasteiger partial charge in [-0.2, -0.15) is 0 Å². The number of rotatable bonds is 1. The molecular formula is C14H21NO. The van der Waals surface area contributed by atoms with Crippen LogP contribution in [0.3, 0.4) is 0 Å². The topological polar surface area (TPSA) is 12.5 Å². The molecule has 2 rings (SSSR count). The molecule has 1 aliphatic heterocycles. The van der Waals surface area contributed by atoms with Crippen LogP contribution in [0.4, 0.5) is 0 Å². The Kier molecular flexibility index (Phi) is 3.04. The van der Waals surface area contributed by atoms with Crippen LogP contribution in [0.1, 0.15) is 38.1 Å². The maximum atomic E-state index is 5.70. The van der Waals surface area contributed by atoms with Gasteiger partial charge in [-0.1, -0.05) is 45.0 Å². The Labute approximate surface area is 98.2 Å². The first-order chi connectivity index (χ1) is 7.48. The van der Waals surface area contributed by atoms with E-state index in [1.165, 1.54) is 11.1 Å². The van der Waals surface area contributed by atoms with E-state index >= 15 is 0 Å². The van der Waals surface area contributed by atoms with Crippen molar-refractivity contribution in [3.05, 3.63) is 35.4 Å². The van der Waals surface area contributed by atoms with Crippen LogP contribution >= 0.6 is 0 Å². The second-order valence-electron chi connectivity index (χ2n) is 5.58. The summed E-state index contributed by atoms with van der Waals surface area (Å²) in [5, 5.41) is 0. The lowest BCUT2D eigenvalue weighted by atomic mass is 9.86. The van der Waals surface area contributed by atoms with E-state index in [1.54, 1.807) is 0 Å². The zero-order chi connectivity index (χ0) is 11.8. The predicted molar refractivity (Wildman–Crippen MR) is 66.5 cm³/mol. The standard InChI is InChI=1S/C14H21NO/c1-14(2,3)12-7-5-11(6-8-12)13-15(4)9-10-16-13/h5-8,13H,9-10H2,1-4H3. The van der Waals surface area contributed by atoms with Gasteiger partial charge in [0.05, 0.1) is 6.61 Å². The molecule has 1 saturated heterocycles. The van der Waals surface area contributed by atoms with Crippen LogP contribution in [0.5, 0.6) is 0 Å². The highest BCUT2D eigenvalue weighted by Gasteiger charge is 2.23. The quantitative estimate of drug-likeness (QED) is 0.720. The van der Waals surface area contributed by atoms with Gasteiger partial charge >= 0.3 is 0 Å². The Morgan fingerprint density at radius 2 is 1.81 bits per heavy atom. The number of nitrogens with zero attached hydrogens (tertiary/aromatic N) is 1. The van der Waals surface area contributed by atoms with E-state index < -0.39 is 0 Å². The first kappa shape index (κ1) is 11.6. The molecule has 0 N–H and O–H groups in total. The monoisotopic (exact) mass is 219 g/mol. The molecule has 0 bridgehead atoms. The van der Waals surface area contributed by atoms with Gasteiger partial charge in [0.25, 0.3) is 0 Å². The van der Waals surface area contributed by atoms with Gasteiger partial charge < -0.3 is 4.74 Å². The second kappa shape index (κ2) is 4.19. The Morgan fingerprint density at radius 3 is 2.25 bits per heavy atom. The van der Waals surface area contributed by atoms with Gasteiger partial charge in [-0.25, -0.2) is 0 Å². The van der Waals surface area contributed by atoms with Crippen molar-refractivity contribution in [2.75, 3.05) is 20.2 Å². The van der Waals surface area contributed by atoms with Crippen molar-refractivity contribution in [1.29, 1.82) is 0 Å². The Morgan fingerprint density at radius 1 is 1.19 bits per heavy atom. The molecule has 0 saturated carbocycles. The minimum atomic E-state index is 0.147. The van der Waals surface area contributed by atoms with Gasteiger partial charge in [0.15, 0.2) is 0 Å². The van der Waals surface area contributed by atoms with Crippen LogP contribution in [0, 0.1) is 0 Å². The van der Waals surface area contributed by atoms with Crippen LogP contribution < -0.4 is 0 Å². The van der Waals surface area contributed by atoms with E-state index in [1.807, 2.05) is 0 Å². The third-order valence-corrected chi connectivity index (χ3v) is 3.18. The molecule has 1 heterocycles. The van der Waals surface area contributed by atoms with Crippen LogP contribution in [-0.4, -0.2) is 25.1 Å². The van der Waals surface area contributed by atoms with E-state index in [4.69, 9.17) is 4.74 Å². The van der Waals surface area contributed by atoms with Crippen LogP contribution in [0.2, 0.25) is 0 Å². The van der Waals surface area contributed by atoms with Crippen molar-refractivity contribution in [2.45, 2.75) is 32.4 Å². The average molecular weight is 219 g/mol. The van der Waals surface area contributed by atoms with E-state index in [0.717, 1.165) is 13.2 Å². The summed E-state index contributed by atoms with van der Waals surface area (Å²) < 4.78 is 5.70. The molecule has 2 nitrogen and oxygen atoms in total. The highest BCUT2D eigenvalue weighted by atomic mass is 16.5. The van der Waals surface area contributed by atoms with Crippen LogP contribution in [-0.2, 0) is 10.2 Å². The maximum Gasteiger partial charge on any atom is 0.136 e. The van der Waals surface area contributed by atoms with Crippen molar-refractivity contribution < 1.29 is 4.74 Å². The van der Waals surface area contributed by atoms with Gasteiger partial charge in [-0.05, 0) is 23.6 Å². The Bertz CT molecular complexity index is 350. The SMILES string of the molecule is CN1CCOC1c1ccc(C(C)(C)C)cc1. The lowest BCUT2D eigenvalue weighted by Gasteiger charge is -2.22. The van der Waals surface area contributed by atoms with E-state index in [2.05, 4.69) is 57.0 Å². The largest absolute Gasteiger partial charge is 0.358 e. The van der Waals surface area contributed by atoms with Crippen LogP contribution in [0.15, 0.2) is 24.3 Å². The number of ether oxygens (including phenoxy) is 1. The molecule has 1 aromatic rings. The minimum absolute atomic E-state index is 0.147. The summed E-state index contributed by atoms with van der Waals surface area (Å²) in [6, 6.07) is 8.80. The molecule has 0 amide bonds. The van der Waals surface area contributed by atoms with Crippen molar-refractivity contribution >= 4 is 0 Å². The molecule has 0 aromatic heterocycles. The molecule has 88 valence electrons. The first-order valence-electron chi connectivity index (χ1n) is 5.91. The summed E-state index contributed by atoms with van der Waals surface area (Å²) in [5.74, 6) is 0. The molecule has 0 aliphatic carbocycles. The summed E-state index contributed by atoms with van der Waals surface area (Å²) in [6.07, 6.45) is 0.147. The first-order valence-corrected chi connectivity index (χ1v) is 5.91. The third kappa shape index (κ3) is 2.28. The molecule has 1 fully saturated rings. The van der Waals surface area contributed by atoms with E-state index in [9.17, 15) is 0 Å². The van der Waals surface area contributed by atoms with Crippen molar-refractivity contribution in [2.24, 2.45) is 0 Å². The summed E-state index contributed by atoms with van der Waals surface area (Å²) in [4.78, 5) is 2.24. The predicted octanol–water partition coefficient (Wildman–Crippen LogP) is 2.94. The zero-order valence-electron chi connectivity index (χ0n) is 10.7. The van der Waals surface area contributed by atoms with Gasteiger partial charge in [-0.15, -0.1) is 0 Å². The smallest absolute Gasteiger partial charge is 0.136 e. The molecule has 2 heteroatoms. The van der Waals surface area contributed by atoms with Crippen LogP contribution in [0.25, 0.3) is 0 Å². The normalized spacial score (nSPS) is 22.6. The highest BCUT2D eigenvalue weighted by Crippen LogP contribution is 2.28. The Balaban J connectivity index is 2.19. The lowest BCUT2D eigenvalue weighted by molar-refractivity contribution is 0.0453. The number of likely N-dealkylation sites (N-methyl/N-ethyl adjacent to an activating group) is 1. The van der Waals surface area contributed by atoms with Crippen molar-refractivity contribution in [1.82, 2.24) is 4.90 Å². The number of hydrogen-bond acceptors (Lipinski definition) is 2. The molecular weight excluding hydrogens is 198 g/mol. The summed E-state index contributed by atoms with van der Waals surface area (Å²) in [5.41, 5.74) is 2.85. The number of benzene rings is 1. The van der Waals surface area contributed by atoms with Gasteiger partial charge in [0.2, 0.25) is 0 Å². The van der Waals surface area contributed by atoms with Crippen molar-refractivity contribution in [3.8, 4) is 0 Å².